The first-order valence-electron chi connectivity index (χ1n) is 5.34. The van der Waals surface area contributed by atoms with E-state index in [1.165, 1.54) is 18.2 Å². The maximum atomic E-state index is 12.7. The van der Waals surface area contributed by atoms with Gasteiger partial charge in [0.05, 0.1) is 16.5 Å². The van der Waals surface area contributed by atoms with E-state index in [2.05, 4.69) is 5.32 Å². The van der Waals surface area contributed by atoms with E-state index in [4.69, 9.17) is 11.6 Å². The molecule has 0 amide bonds. The summed E-state index contributed by atoms with van der Waals surface area (Å²) in [5.74, 6) is -0.0892. The van der Waals surface area contributed by atoms with Gasteiger partial charge in [0, 0.05) is 12.3 Å². The van der Waals surface area contributed by atoms with Gasteiger partial charge in [0.2, 0.25) is 0 Å². The topological polar surface area (TPSA) is 46.2 Å². The third kappa shape index (κ3) is 4.91. The summed E-state index contributed by atoms with van der Waals surface area (Å²) in [6.45, 7) is 2.12. The molecule has 0 saturated heterocycles. The van der Waals surface area contributed by atoms with Crippen molar-refractivity contribution in [3.8, 4) is 0 Å². The molecule has 6 heteroatoms. The molecule has 1 aromatic carbocycles. The molecule has 0 bridgehead atoms. The van der Waals surface area contributed by atoms with E-state index in [-0.39, 0.29) is 11.5 Å². The Morgan fingerprint density at radius 1 is 1.41 bits per heavy atom. The lowest BCUT2D eigenvalue weighted by atomic mass is 10.3. The van der Waals surface area contributed by atoms with Crippen LogP contribution in [0, 0.1) is 5.82 Å². The maximum Gasteiger partial charge on any atom is 0.150 e. The van der Waals surface area contributed by atoms with Gasteiger partial charge in [-0.25, -0.2) is 12.8 Å². The highest BCUT2D eigenvalue weighted by Gasteiger charge is 2.06. The first kappa shape index (κ1) is 14.3. The number of sulfone groups is 1. The van der Waals surface area contributed by atoms with Crippen molar-refractivity contribution in [2.75, 3.05) is 23.4 Å². The molecule has 0 fully saturated rings. The zero-order chi connectivity index (χ0) is 12.9. The summed E-state index contributed by atoms with van der Waals surface area (Å²) in [5.41, 5.74) is 0.613. The second kappa shape index (κ2) is 6.21. The van der Waals surface area contributed by atoms with Crippen molar-refractivity contribution < 1.29 is 12.8 Å². The molecule has 0 heterocycles. The fourth-order valence-corrected chi connectivity index (χ4v) is 2.40. The smallest absolute Gasteiger partial charge is 0.150 e. The van der Waals surface area contributed by atoms with Gasteiger partial charge < -0.3 is 5.32 Å². The molecule has 1 aromatic rings. The Kier molecular flexibility index (Phi) is 5.21. The number of hydrogen-bond donors (Lipinski definition) is 1. The highest BCUT2D eigenvalue weighted by Crippen LogP contribution is 2.22. The van der Waals surface area contributed by atoms with Gasteiger partial charge in [0.1, 0.15) is 15.7 Å². The Labute approximate surface area is 106 Å². The van der Waals surface area contributed by atoms with Gasteiger partial charge in [-0.1, -0.05) is 18.5 Å². The predicted octanol–water partition coefficient (Wildman–Crippen LogP) is 2.72. The molecule has 0 aromatic heterocycles. The lowest BCUT2D eigenvalue weighted by Crippen LogP contribution is -2.13. The van der Waals surface area contributed by atoms with Crippen LogP contribution in [-0.4, -0.2) is 26.5 Å². The molecule has 1 N–H and O–H groups in total. The van der Waals surface area contributed by atoms with E-state index >= 15 is 0 Å². The van der Waals surface area contributed by atoms with Crippen molar-refractivity contribution in [2.24, 2.45) is 0 Å². The highest BCUT2D eigenvalue weighted by atomic mass is 35.5. The molecular weight excluding hydrogens is 265 g/mol. The van der Waals surface area contributed by atoms with Crippen molar-refractivity contribution in [3.63, 3.8) is 0 Å². The molecule has 0 atom stereocenters. The van der Waals surface area contributed by atoms with Gasteiger partial charge in [0.25, 0.3) is 0 Å². The molecule has 0 spiro atoms. The first-order chi connectivity index (χ1) is 7.94. The number of nitrogens with one attached hydrogen (secondary N) is 1. The van der Waals surface area contributed by atoms with Crippen molar-refractivity contribution >= 4 is 27.1 Å². The van der Waals surface area contributed by atoms with Gasteiger partial charge in [0.15, 0.2) is 0 Å². The van der Waals surface area contributed by atoms with Gasteiger partial charge in [-0.05, 0) is 24.6 Å². The van der Waals surface area contributed by atoms with Crippen LogP contribution < -0.4 is 5.32 Å². The molecule has 1 rings (SSSR count). The summed E-state index contributed by atoms with van der Waals surface area (Å²) in [7, 11) is -2.92. The highest BCUT2D eigenvalue weighted by molar-refractivity contribution is 7.91. The molecule has 3 nitrogen and oxygen atoms in total. The molecule has 0 aliphatic heterocycles. The Bertz CT molecular complexity index is 476. The molecular formula is C11H15ClFNO2S. The molecule has 0 radical (unpaired) electrons. The largest absolute Gasteiger partial charge is 0.384 e. The minimum absolute atomic E-state index is 0.148. The van der Waals surface area contributed by atoms with Crippen LogP contribution in [0.4, 0.5) is 10.1 Å². The molecule has 0 saturated carbocycles. The van der Waals surface area contributed by atoms with Crippen LogP contribution in [0.3, 0.4) is 0 Å². The number of benzene rings is 1. The summed E-state index contributed by atoms with van der Waals surface area (Å²) in [4.78, 5) is 0. The average Bonchev–Trinajstić information content (AvgIpc) is 2.27. The quantitative estimate of drug-likeness (QED) is 0.815. The van der Waals surface area contributed by atoms with Crippen LogP contribution >= 0.6 is 11.6 Å². The lowest BCUT2D eigenvalue weighted by Gasteiger charge is -2.08. The third-order valence-electron chi connectivity index (χ3n) is 2.32. The average molecular weight is 280 g/mol. The van der Waals surface area contributed by atoms with Crippen molar-refractivity contribution in [1.82, 2.24) is 0 Å². The Morgan fingerprint density at radius 2 is 2.12 bits per heavy atom. The summed E-state index contributed by atoms with van der Waals surface area (Å²) in [5, 5.41) is 3.27. The molecule has 96 valence electrons. The predicted molar refractivity (Wildman–Crippen MR) is 68.8 cm³/mol. The van der Waals surface area contributed by atoms with Crippen LogP contribution in [0.1, 0.15) is 13.3 Å². The van der Waals surface area contributed by atoms with Crippen molar-refractivity contribution in [1.29, 1.82) is 0 Å². The first-order valence-corrected chi connectivity index (χ1v) is 7.54. The van der Waals surface area contributed by atoms with Crippen LogP contribution in [0.2, 0.25) is 5.02 Å². The molecule has 0 unspecified atom stereocenters. The second-order valence-electron chi connectivity index (χ2n) is 3.64. The summed E-state index contributed by atoms with van der Waals surface area (Å²) < 4.78 is 35.2. The van der Waals surface area contributed by atoms with Gasteiger partial charge in [-0.2, -0.15) is 0 Å². The fourth-order valence-electron chi connectivity index (χ4n) is 1.29. The number of hydrogen-bond acceptors (Lipinski definition) is 3. The van der Waals surface area contributed by atoms with Crippen LogP contribution in [0.5, 0.6) is 0 Å². The SMILES string of the molecule is CCS(=O)(=O)CCCNc1ccc(F)cc1Cl. The minimum atomic E-state index is -2.92. The van der Waals surface area contributed by atoms with Crippen molar-refractivity contribution in [3.05, 3.63) is 29.0 Å². The van der Waals surface area contributed by atoms with Crippen LogP contribution in [0.25, 0.3) is 0 Å². The number of halogens is 2. The van der Waals surface area contributed by atoms with Gasteiger partial charge in [-0.3, -0.25) is 0 Å². The Hall–Kier alpha value is -0.810. The summed E-state index contributed by atoms with van der Waals surface area (Å²) >= 11 is 5.80. The fraction of sp³-hybridized carbons (Fsp3) is 0.455. The lowest BCUT2D eigenvalue weighted by molar-refractivity contribution is 0.595. The Morgan fingerprint density at radius 3 is 2.71 bits per heavy atom. The second-order valence-corrected chi connectivity index (χ2v) is 6.52. The van der Waals surface area contributed by atoms with E-state index in [1.54, 1.807) is 6.92 Å². The number of rotatable bonds is 6. The van der Waals surface area contributed by atoms with E-state index in [0.29, 0.717) is 23.7 Å². The van der Waals surface area contributed by atoms with E-state index in [0.717, 1.165) is 0 Å². The van der Waals surface area contributed by atoms with Crippen molar-refractivity contribution in [2.45, 2.75) is 13.3 Å². The van der Waals surface area contributed by atoms with Crippen LogP contribution in [0.15, 0.2) is 18.2 Å². The molecule has 0 aliphatic carbocycles. The van der Waals surface area contributed by atoms with E-state index in [9.17, 15) is 12.8 Å². The van der Waals surface area contributed by atoms with Gasteiger partial charge >= 0.3 is 0 Å². The normalized spacial score (nSPS) is 11.5. The zero-order valence-electron chi connectivity index (χ0n) is 9.54. The Balaban J connectivity index is 2.41. The zero-order valence-corrected chi connectivity index (χ0v) is 11.1. The monoisotopic (exact) mass is 279 g/mol. The van der Waals surface area contributed by atoms with Crippen LogP contribution in [-0.2, 0) is 9.84 Å². The van der Waals surface area contributed by atoms with E-state index in [1.807, 2.05) is 0 Å². The minimum Gasteiger partial charge on any atom is -0.384 e. The maximum absolute atomic E-state index is 12.7. The summed E-state index contributed by atoms with van der Waals surface area (Å²) in [6, 6.07) is 4.05. The molecule has 17 heavy (non-hydrogen) atoms. The third-order valence-corrected chi connectivity index (χ3v) is 4.42. The summed E-state index contributed by atoms with van der Waals surface area (Å²) in [6.07, 6.45) is 0.504. The molecule has 0 aliphatic rings. The number of anilines is 1. The van der Waals surface area contributed by atoms with E-state index < -0.39 is 15.7 Å². The standard InChI is InChI=1S/C11H15ClFNO2S/c1-2-17(15,16)7-3-6-14-11-5-4-9(13)8-10(11)12/h4-5,8,14H,2-3,6-7H2,1H3. The van der Waals surface area contributed by atoms with Gasteiger partial charge in [-0.15, -0.1) is 0 Å².